The van der Waals surface area contributed by atoms with Crippen molar-refractivity contribution in [3.8, 4) is 5.75 Å². The Morgan fingerprint density at radius 1 is 1.46 bits per heavy atom. The van der Waals surface area contributed by atoms with Crippen molar-refractivity contribution >= 4 is 6.21 Å². The molecule has 1 aromatic carbocycles. The maximum absolute atomic E-state index is 13.0. The number of hydrogen-bond acceptors (Lipinski definition) is 3. The van der Waals surface area contributed by atoms with Crippen LogP contribution in [0.2, 0.25) is 0 Å². The molecule has 0 aliphatic heterocycles. The van der Waals surface area contributed by atoms with E-state index >= 15 is 0 Å². The third-order valence-corrected chi connectivity index (χ3v) is 1.45. The van der Waals surface area contributed by atoms with Crippen molar-refractivity contribution in [1.82, 2.24) is 0 Å². The number of halogens is 2. The van der Waals surface area contributed by atoms with Gasteiger partial charge >= 0.3 is 0 Å². The lowest BCUT2D eigenvalue weighted by Gasteiger charge is -2.04. The van der Waals surface area contributed by atoms with Crippen LogP contribution in [-0.4, -0.2) is 13.3 Å². The minimum absolute atomic E-state index is 0.0735. The molecule has 0 spiro atoms. The van der Waals surface area contributed by atoms with Crippen molar-refractivity contribution in [2.24, 2.45) is 10.9 Å². The van der Waals surface area contributed by atoms with Gasteiger partial charge in [-0.05, 0) is 6.07 Å². The minimum Gasteiger partial charge on any atom is -0.493 e. The molecule has 0 saturated heterocycles. The summed E-state index contributed by atoms with van der Waals surface area (Å²) in [5.41, 5.74) is 0.169. The summed E-state index contributed by atoms with van der Waals surface area (Å²) in [4.78, 5) is 0. The van der Waals surface area contributed by atoms with Gasteiger partial charge in [0.15, 0.2) is 11.6 Å². The molecule has 0 aromatic heterocycles. The van der Waals surface area contributed by atoms with Crippen molar-refractivity contribution in [2.45, 2.75) is 0 Å². The Morgan fingerprint density at radius 2 is 2.15 bits per heavy atom. The Morgan fingerprint density at radius 3 is 2.69 bits per heavy atom. The molecule has 0 unspecified atom stereocenters. The molecule has 0 saturated carbocycles. The first kappa shape index (κ1) is 9.44. The molecule has 0 atom stereocenters. The van der Waals surface area contributed by atoms with Gasteiger partial charge in [0.05, 0.1) is 13.3 Å². The van der Waals surface area contributed by atoms with Gasteiger partial charge in [-0.3, -0.25) is 0 Å². The van der Waals surface area contributed by atoms with Crippen LogP contribution in [0.4, 0.5) is 8.78 Å². The van der Waals surface area contributed by atoms with Crippen molar-refractivity contribution in [1.29, 1.82) is 0 Å². The maximum atomic E-state index is 13.0. The molecule has 1 rings (SSSR count). The van der Waals surface area contributed by atoms with Gasteiger partial charge in [0.25, 0.3) is 0 Å². The van der Waals surface area contributed by atoms with Crippen LogP contribution in [0.3, 0.4) is 0 Å². The van der Waals surface area contributed by atoms with E-state index in [2.05, 4.69) is 5.10 Å². The van der Waals surface area contributed by atoms with E-state index < -0.39 is 11.6 Å². The molecule has 1 aromatic rings. The molecular formula is C8H8F2N2O. The van der Waals surface area contributed by atoms with Crippen LogP contribution in [0.25, 0.3) is 0 Å². The average Bonchev–Trinajstić information content (AvgIpc) is 2.04. The molecule has 0 aliphatic carbocycles. The molecule has 13 heavy (non-hydrogen) atoms. The zero-order valence-electron chi connectivity index (χ0n) is 6.92. The summed E-state index contributed by atoms with van der Waals surface area (Å²) in [7, 11) is 1.28. The summed E-state index contributed by atoms with van der Waals surface area (Å²) < 4.78 is 30.3. The van der Waals surface area contributed by atoms with Crippen LogP contribution in [0, 0.1) is 11.6 Å². The number of rotatable bonds is 2. The van der Waals surface area contributed by atoms with E-state index in [4.69, 9.17) is 10.6 Å². The van der Waals surface area contributed by atoms with Crippen LogP contribution in [0.5, 0.6) is 5.75 Å². The Labute approximate surface area is 73.8 Å². The molecule has 0 radical (unpaired) electrons. The van der Waals surface area contributed by atoms with Crippen LogP contribution >= 0.6 is 0 Å². The normalized spacial score (nSPS) is 10.7. The lowest BCUT2D eigenvalue weighted by Crippen LogP contribution is -1.97. The van der Waals surface area contributed by atoms with Crippen LogP contribution in [0.1, 0.15) is 5.56 Å². The van der Waals surface area contributed by atoms with Crippen LogP contribution in [-0.2, 0) is 0 Å². The molecule has 5 heteroatoms. The van der Waals surface area contributed by atoms with E-state index in [9.17, 15) is 8.78 Å². The highest BCUT2D eigenvalue weighted by Gasteiger charge is 2.09. The second-order valence-corrected chi connectivity index (χ2v) is 2.29. The summed E-state index contributed by atoms with van der Waals surface area (Å²) in [5, 5.41) is 3.16. The number of hydrogen-bond donors (Lipinski definition) is 1. The molecule has 70 valence electrons. The van der Waals surface area contributed by atoms with E-state index in [0.717, 1.165) is 18.3 Å². The highest BCUT2D eigenvalue weighted by molar-refractivity contribution is 5.83. The fraction of sp³-hybridized carbons (Fsp3) is 0.125. The largest absolute Gasteiger partial charge is 0.493 e. The Bertz CT molecular complexity index is 339. The van der Waals surface area contributed by atoms with E-state index in [1.165, 1.54) is 7.11 Å². The molecule has 0 heterocycles. The van der Waals surface area contributed by atoms with E-state index in [1.54, 1.807) is 0 Å². The molecule has 0 fully saturated rings. The first-order chi connectivity index (χ1) is 6.19. The van der Waals surface area contributed by atoms with Gasteiger partial charge in [0, 0.05) is 11.6 Å². The lowest BCUT2D eigenvalue weighted by molar-refractivity contribution is 0.383. The highest BCUT2D eigenvalue weighted by Crippen LogP contribution is 2.22. The molecule has 0 aliphatic rings. The number of benzene rings is 1. The zero-order valence-corrected chi connectivity index (χ0v) is 6.92. The lowest BCUT2D eigenvalue weighted by atomic mass is 10.2. The topological polar surface area (TPSA) is 47.6 Å². The fourth-order valence-corrected chi connectivity index (χ4v) is 0.972. The summed E-state index contributed by atoms with van der Waals surface area (Å²) in [6, 6.07) is 1.81. The van der Waals surface area contributed by atoms with E-state index in [1.807, 2.05) is 0 Å². The smallest absolute Gasteiger partial charge is 0.168 e. The molecule has 3 nitrogen and oxygen atoms in total. The number of nitrogens with zero attached hydrogens (tertiary/aromatic N) is 1. The summed E-state index contributed by atoms with van der Waals surface area (Å²) in [6.45, 7) is 0. The van der Waals surface area contributed by atoms with Crippen molar-refractivity contribution in [3.63, 3.8) is 0 Å². The predicted octanol–water partition coefficient (Wildman–Crippen LogP) is 1.27. The third kappa shape index (κ3) is 1.93. The van der Waals surface area contributed by atoms with Gasteiger partial charge in [0.1, 0.15) is 5.82 Å². The Kier molecular flexibility index (Phi) is 2.79. The second kappa shape index (κ2) is 3.84. The average molecular weight is 186 g/mol. The Hall–Kier alpha value is -1.65. The van der Waals surface area contributed by atoms with Gasteiger partial charge in [-0.15, -0.1) is 0 Å². The third-order valence-electron chi connectivity index (χ3n) is 1.45. The van der Waals surface area contributed by atoms with Gasteiger partial charge < -0.3 is 10.6 Å². The molecule has 0 amide bonds. The van der Waals surface area contributed by atoms with Crippen LogP contribution < -0.4 is 10.6 Å². The zero-order chi connectivity index (χ0) is 9.84. The molecular weight excluding hydrogens is 178 g/mol. The van der Waals surface area contributed by atoms with Crippen LogP contribution in [0.15, 0.2) is 17.2 Å². The van der Waals surface area contributed by atoms with Crippen molar-refractivity contribution in [3.05, 3.63) is 29.3 Å². The number of methoxy groups -OCH3 is 1. The first-order valence-electron chi connectivity index (χ1n) is 3.45. The Balaban J connectivity index is 3.29. The highest BCUT2D eigenvalue weighted by atomic mass is 19.1. The second-order valence-electron chi connectivity index (χ2n) is 2.29. The minimum atomic E-state index is -0.780. The number of ether oxygens (including phenoxy) is 1. The standard InChI is InChI=1S/C8H8F2N2O/c1-13-8-5(4-12-11)2-6(9)3-7(8)10/h2-4H,11H2,1H3. The summed E-state index contributed by atoms with van der Waals surface area (Å²) in [5.74, 6) is 3.30. The maximum Gasteiger partial charge on any atom is 0.168 e. The van der Waals surface area contributed by atoms with Gasteiger partial charge in [-0.25, -0.2) is 8.78 Å². The first-order valence-corrected chi connectivity index (χ1v) is 3.45. The molecule has 2 N–H and O–H groups in total. The molecule has 0 bridgehead atoms. The fourth-order valence-electron chi connectivity index (χ4n) is 0.972. The van der Waals surface area contributed by atoms with Gasteiger partial charge in [-0.1, -0.05) is 0 Å². The van der Waals surface area contributed by atoms with Crippen molar-refractivity contribution in [2.75, 3.05) is 7.11 Å². The van der Waals surface area contributed by atoms with E-state index in [-0.39, 0.29) is 11.3 Å². The summed E-state index contributed by atoms with van der Waals surface area (Å²) >= 11 is 0. The number of hydrazone groups is 1. The van der Waals surface area contributed by atoms with E-state index in [0.29, 0.717) is 0 Å². The van der Waals surface area contributed by atoms with Gasteiger partial charge in [-0.2, -0.15) is 5.10 Å². The predicted molar refractivity (Wildman–Crippen MR) is 44.7 cm³/mol. The SMILES string of the molecule is COc1c(F)cc(F)cc1C=NN. The monoisotopic (exact) mass is 186 g/mol. The van der Waals surface area contributed by atoms with Crippen molar-refractivity contribution < 1.29 is 13.5 Å². The number of nitrogens with two attached hydrogens (primary N) is 1. The summed E-state index contributed by atoms with van der Waals surface area (Å²) in [6.07, 6.45) is 1.12. The van der Waals surface area contributed by atoms with Gasteiger partial charge in [0.2, 0.25) is 0 Å². The quantitative estimate of drug-likeness (QED) is 0.429.